The second-order valence-corrected chi connectivity index (χ2v) is 5.01. The van der Waals surface area contributed by atoms with E-state index in [0.717, 1.165) is 0 Å². The van der Waals surface area contributed by atoms with E-state index >= 15 is 0 Å². The van der Waals surface area contributed by atoms with Gasteiger partial charge in [0, 0.05) is 18.9 Å². The Balaban J connectivity index is 1.82. The Bertz CT molecular complexity index is 530. The van der Waals surface area contributed by atoms with E-state index in [1.54, 1.807) is 6.07 Å². The molecule has 1 aromatic carbocycles. The number of ether oxygens (including phenoxy) is 1. The van der Waals surface area contributed by atoms with Crippen molar-refractivity contribution in [3.8, 4) is 0 Å². The number of nitrogens with one attached hydrogen (secondary N) is 2. The van der Waals surface area contributed by atoms with Crippen LogP contribution in [0.3, 0.4) is 0 Å². The van der Waals surface area contributed by atoms with Crippen molar-refractivity contribution in [2.75, 3.05) is 25.1 Å². The molecule has 1 aliphatic rings. The van der Waals surface area contributed by atoms with Gasteiger partial charge in [-0.1, -0.05) is 6.07 Å². The maximum absolute atomic E-state index is 13.0. The Morgan fingerprint density at radius 3 is 2.71 bits per heavy atom. The van der Waals surface area contributed by atoms with Gasteiger partial charge in [-0.2, -0.15) is 0 Å². The second-order valence-electron chi connectivity index (χ2n) is 5.01. The molecule has 0 aromatic heterocycles. The minimum atomic E-state index is -0.989. The van der Waals surface area contributed by atoms with Crippen LogP contribution < -0.4 is 16.4 Å². The van der Waals surface area contributed by atoms with Crippen LogP contribution in [0.5, 0.6) is 0 Å². The van der Waals surface area contributed by atoms with Crippen molar-refractivity contribution in [2.45, 2.75) is 18.4 Å². The topological polar surface area (TPSA) is 93.5 Å². The summed E-state index contributed by atoms with van der Waals surface area (Å²) in [5.41, 5.74) is 5.34. The van der Waals surface area contributed by atoms with Crippen LogP contribution in [0.15, 0.2) is 24.3 Å². The molecule has 0 unspecified atom stereocenters. The van der Waals surface area contributed by atoms with Crippen molar-refractivity contribution in [1.82, 2.24) is 5.32 Å². The summed E-state index contributed by atoms with van der Waals surface area (Å²) >= 11 is 0. The lowest BCUT2D eigenvalue weighted by Gasteiger charge is -2.31. The molecule has 0 aliphatic carbocycles. The van der Waals surface area contributed by atoms with E-state index in [4.69, 9.17) is 10.5 Å². The second kappa shape index (κ2) is 6.64. The number of benzene rings is 1. The van der Waals surface area contributed by atoms with E-state index in [9.17, 15) is 14.0 Å². The molecular formula is C14H18FN3O3. The first kappa shape index (κ1) is 15.4. The number of nitrogens with two attached hydrogens (primary N) is 1. The van der Waals surface area contributed by atoms with Gasteiger partial charge in [0.15, 0.2) is 0 Å². The number of halogens is 1. The SMILES string of the molecule is NC1(C(=O)NCC(=O)Nc2cccc(F)c2)CCOCC1. The number of hydrogen-bond donors (Lipinski definition) is 3. The molecule has 1 fully saturated rings. The predicted octanol–water partition coefficient (Wildman–Crippen LogP) is 0.388. The van der Waals surface area contributed by atoms with Crippen molar-refractivity contribution in [1.29, 1.82) is 0 Å². The van der Waals surface area contributed by atoms with Gasteiger partial charge in [0.2, 0.25) is 11.8 Å². The van der Waals surface area contributed by atoms with E-state index in [1.165, 1.54) is 18.2 Å². The molecule has 21 heavy (non-hydrogen) atoms. The molecule has 2 rings (SSSR count). The van der Waals surface area contributed by atoms with Crippen LogP contribution in [0.2, 0.25) is 0 Å². The number of carbonyl (C=O) groups excluding carboxylic acids is 2. The highest BCUT2D eigenvalue weighted by atomic mass is 19.1. The zero-order chi connectivity index (χ0) is 15.3. The molecule has 7 heteroatoms. The normalized spacial score (nSPS) is 17.0. The first-order valence-electron chi connectivity index (χ1n) is 6.70. The van der Waals surface area contributed by atoms with Crippen LogP contribution in [0.25, 0.3) is 0 Å². The van der Waals surface area contributed by atoms with E-state index in [2.05, 4.69) is 10.6 Å². The molecule has 6 nitrogen and oxygen atoms in total. The molecule has 1 aromatic rings. The molecule has 1 saturated heterocycles. The number of amides is 2. The summed E-state index contributed by atoms with van der Waals surface area (Å²) in [4.78, 5) is 23.7. The van der Waals surface area contributed by atoms with Gasteiger partial charge in [-0.15, -0.1) is 0 Å². The summed E-state index contributed by atoms with van der Waals surface area (Å²) < 4.78 is 18.1. The lowest BCUT2D eigenvalue weighted by Crippen LogP contribution is -2.57. The minimum Gasteiger partial charge on any atom is -0.381 e. The maximum atomic E-state index is 13.0. The summed E-state index contributed by atoms with van der Waals surface area (Å²) in [5, 5.41) is 5.00. The number of carbonyl (C=O) groups is 2. The van der Waals surface area contributed by atoms with Gasteiger partial charge in [0.25, 0.3) is 0 Å². The molecule has 0 bridgehead atoms. The monoisotopic (exact) mass is 295 g/mol. The lowest BCUT2D eigenvalue weighted by atomic mass is 9.90. The highest BCUT2D eigenvalue weighted by Crippen LogP contribution is 2.17. The average molecular weight is 295 g/mol. The quantitative estimate of drug-likeness (QED) is 0.749. The van der Waals surface area contributed by atoms with Gasteiger partial charge in [-0.05, 0) is 31.0 Å². The fourth-order valence-electron chi connectivity index (χ4n) is 2.07. The maximum Gasteiger partial charge on any atom is 0.243 e. The molecule has 1 aliphatic heterocycles. The third kappa shape index (κ3) is 4.24. The van der Waals surface area contributed by atoms with Crippen molar-refractivity contribution >= 4 is 17.5 Å². The van der Waals surface area contributed by atoms with E-state index < -0.39 is 17.3 Å². The van der Waals surface area contributed by atoms with Gasteiger partial charge in [-0.25, -0.2) is 4.39 Å². The average Bonchev–Trinajstić information content (AvgIpc) is 2.45. The predicted molar refractivity (Wildman–Crippen MR) is 75.0 cm³/mol. The third-order valence-electron chi connectivity index (χ3n) is 3.36. The van der Waals surface area contributed by atoms with Gasteiger partial charge < -0.3 is 21.1 Å². The standard InChI is InChI=1S/C14H18FN3O3/c15-10-2-1-3-11(8-10)18-12(19)9-17-13(20)14(16)4-6-21-7-5-14/h1-3,8H,4-7,9,16H2,(H,17,20)(H,18,19). The van der Waals surface area contributed by atoms with Crippen LogP contribution in [0, 0.1) is 5.82 Å². The summed E-state index contributed by atoms with van der Waals surface area (Å²) in [6.45, 7) is 0.647. The molecule has 4 N–H and O–H groups in total. The Kier molecular flexibility index (Phi) is 4.87. The van der Waals surface area contributed by atoms with Crippen LogP contribution in [0.4, 0.5) is 10.1 Å². The molecular weight excluding hydrogens is 277 g/mol. The summed E-state index contributed by atoms with van der Waals surface area (Å²) in [7, 11) is 0. The number of hydrogen-bond acceptors (Lipinski definition) is 4. The summed E-state index contributed by atoms with van der Waals surface area (Å²) in [6.07, 6.45) is 0.842. The molecule has 0 radical (unpaired) electrons. The van der Waals surface area contributed by atoms with Gasteiger partial charge >= 0.3 is 0 Å². The van der Waals surface area contributed by atoms with Crippen LogP contribution in [-0.4, -0.2) is 37.1 Å². The summed E-state index contributed by atoms with van der Waals surface area (Å²) in [6, 6.07) is 5.52. The van der Waals surface area contributed by atoms with Crippen molar-refractivity contribution < 1.29 is 18.7 Å². The van der Waals surface area contributed by atoms with E-state index in [-0.39, 0.29) is 12.5 Å². The third-order valence-corrected chi connectivity index (χ3v) is 3.36. The van der Waals surface area contributed by atoms with Gasteiger partial charge in [0.1, 0.15) is 5.82 Å². The van der Waals surface area contributed by atoms with Crippen molar-refractivity contribution in [3.63, 3.8) is 0 Å². The van der Waals surface area contributed by atoms with Crippen LogP contribution in [-0.2, 0) is 14.3 Å². The molecule has 0 atom stereocenters. The minimum absolute atomic E-state index is 0.213. The smallest absolute Gasteiger partial charge is 0.243 e. The van der Waals surface area contributed by atoms with Gasteiger partial charge in [0.05, 0.1) is 12.1 Å². The molecule has 0 saturated carbocycles. The molecule has 2 amide bonds. The summed E-state index contributed by atoms with van der Waals surface area (Å²) in [5.74, 6) is -1.26. The highest BCUT2D eigenvalue weighted by molar-refractivity contribution is 5.96. The van der Waals surface area contributed by atoms with Crippen LogP contribution >= 0.6 is 0 Å². The highest BCUT2D eigenvalue weighted by Gasteiger charge is 2.35. The molecule has 1 heterocycles. The Morgan fingerprint density at radius 1 is 1.33 bits per heavy atom. The first-order chi connectivity index (χ1) is 9.99. The van der Waals surface area contributed by atoms with E-state index in [1.807, 2.05) is 0 Å². The Morgan fingerprint density at radius 2 is 2.05 bits per heavy atom. The zero-order valence-electron chi connectivity index (χ0n) is 11.5. The fourth-order valence-corrected chi connectivity index (χ4v) is 2.07. The van der Waals surface area contributed by atoms with E-state index in [0.29, 0.717) is 31.7 Å². The largest absolute Gasteiger partial charge is 0.381 e. The van der Waals surface area contributed by atoms with Gasteiger partial charge in [-0.3, -0.25) is 9.59 Å². The first-order valence-corrected chi connectivity index (χ1v) is 6.70. The molecule has 0 spiro atoms. The Labute approximate surface area is 121 Å². The van der Waals surface area contributed by atoms with Crippen molar-refractivity contribution in [3.05, 3.63) is 30.1 Å². The fraction of sp³-hybridized carbons (Fsp3) is 0.429. The number of anilines is 1. The van der Waals surface area contributed by atoms with Crippen LogP contribution in [0.1, 0.15) is 12.8 Å². The number of rotatable bonds is 4. The lowest BCUT2D eigenvalue weighted by molar-refractivity contribution is -0.131. The zero-order valence-corrected chi connectivity index (χ0v) is 11.5. The Hall–Kier alpha value is -1.99. The molecule has 114 valence electrons. The van der Waals surface area contributed by atoms with Crippen molar-refractivity contribution in [2.24, 2.45) is 5.73 Å².